The van der Waals surface area contributed by atoms with E-state index in [2.05, 4.69) is 319 Å². The zero-order valence-corrected chi connectivity index (χ0v) is 43.8. The van der Waals surface area contributed by atoms with Crippen molar-refractivity contribution in [2.24, 2.45) is 0 Å². The summed E-state index contributed by atoms with van der Waals surface area (Å²) in [6.07, 6.45) is 7.99. The molecule has 372 valence electrons. The molecule has 0 bridgehead atoms. The highest BCUT2D eigenvalue weighted by Gasteiger charge is 2.41. The molecule has 0 aliphatic heterocycles. The summed E-state index contributed by atoms with van der Waals surface area (Å²) in [5, 5.41) is 2.45. The highest BCUT2D eigenvalue weighted by atomic mass is 15.1. The molecule has 0 saturated carbocycles. The van der Waals surface area contributed by atoms with Crippen LogP contribution in [0.2, 0.25) is 0 Å². The first kappa shape index (κ1) is 46.8. The van der Waals surface area contributed by atoms with Crippen LogP contribution in [0.5, 0.6) is 0 Å². The monoisotopic (exact) mass is 999 g/mol. The van der Waals surface area contributed by atoms with E-state index in [-0.39, 0.29) is 5.41 Å². The van der Waals surface area contributed by atoms with E-state index in [0.717, 1.165) is 40.5 Å². The minimum absolute atomic E-state index is 0.0540. The Bertz CT molecular complexity index is 3970. The molecule has 0 N–H and O–H groups in total. The smallest absolute Gasteiger partial charge is 0.0541 e. The van der Waals surface area contributed by atoms with Gasteiger partial charge >= 0.3 is 0 Å². The van der Waals surface area contributed by atoms with E-state index in [1.807, 2.05) is 0 Å². The van der Waals surface area contributed by atoms with Crippen molar-refractivity contribution in [2.45, 2.75) is 31.6 Å². The number of hydrogen-bond acceptors (Lipinski definition) is 2. The van der Waals surface area contributed by atoms with Gasteiger partial charge < -0.3 is 14.4 Å². The summed E-state index contributed by atoms with van der Waals surface area (Å²) in [6, 6.07) is 99.8. The highest BCUT2D eigenvalue weighted by molar-refractivity contribution is 6.12. The lowest BCUT2D eigenvalue weighted by atomic mass is 9.79. The van der Waals surface area contributed by atoms with Crippen molar-refractivity contribution in [3.63, 3.8) is 0 Å². The number of nitrogens with zero attached hydrogens (tertiary/aromatic N) is 3. The first-order valence-electron chi connectivity index (χ1n) is 27.3. The summed E-state index contributed by atoms with van der Waals surface area (Å²) in [5.74, 6) is 0.440. The second kappa shape index (κ2) is 19.5. The maximum atomic E-state index is 2.50. The van der Waals surface area contributed by atoms with Gasteiger partial charge in [0.15, 0.2) is 0 Å². The molecule has 0 amide bonds. The molecule has 12 aromatic rings. The average molecular weight is 1000 g/mol. The Labute approximate surface area is 457 Å². The number of para-hydroxylation sites is 2. The number of aromatic nitrogens is 1. The van der Waals surface area contributed by atoms with Gasteiger partial charge in [-0.1, -0.05) is 201 Å². The van der Waals surface area contributed by atoms with Gasteiger partial charge in [-0.05, 0) is 171 Å². The molecule has 1 heterocycles. The Hall–Kier alpha value is -9.70. The van der Waals surface area contributed by atoms with Gasteiger partial charge in [0, 0.05) is 61.9 Å². The third kappa shape index (κ3) is 8.32. The Balaban J connectivity index is 0.853. The number of anilines is 6. The molecule has 3 nitrogen and oxygen atoms in total. The number of benzene rings is 11. The van der Waals surface area contributed by atoms with E-state index in [1.165, 1.54) is 88.7 Å². The molecule has 2 aliphatic rings. The van der Waals surface area contributed by atoms with Crippen molar-refractivity contribution in [1.82, 2.24) is 4.57 Å². The van der Waals surface area contributed by atoms with E-state index < -0.39 is 0 Å². The first-order valence-corrected chi connectivity index (χ1v) is 27.3. The van der Waals surface area contributed by atoms with Gasteiger partial charge in [0.2, 0.25) is 0 Å². The quantitative estimate of drug-likeness (QED) is 0.128. The topological polar surface area (TPSA) is 11.4 Å². The van der Waals surface area contributed by atoms with Gasteiger partial charge in [0.05, 0.1) is 11.0 Å². The molecular weight excluding hydrogens is 943 g/mol. The third-order valence-electron chi connectivity index (χ3n) is 16.4. The van der Waals surface area contributed by atoms with Crippen LogP contribution in [0.1, 0.15) is 37.3 Å². The lowest BCUT2D eigenvalue weighted by Gasteiger charge is -2.26. The minimum Gasteiger partial charge on any atom is -0.311 e. The maximum Gasteiger partial charge on any atom is 0.0541 e. The van der Waals surface area contributed by atoms with Crippen LogP contribution in [-0.4, -0.2) is 4.57 Å². The van der Waals surface area contributed by atoms with Crippen LogP contribution in [0.15, 0.2) is 297 Å². The number of fused-ring (bicyclic) bond motifs is 6. The van der Waals surface area contributed by atoms with Crippen LogP contribution < -0.4 is 9.80 Å². The molecule has 3 heteroatoms. The Morgan fingerprint density at radius 3 is 1.14 bits per heavy atom. The van der Waals surface area contributed by atoms with Crippen LogP contribution in [0.3, 0.4) is 0 Å². The SMILES string of the molecule is CC1(C)C2=CC=CCC2c2ccc(-n3c4ccc(-c5ccc(N(c6ccccc6)c6ccc(-c7ccccc7)cc6)cc5)cc4c4cc(-c5ccc(N(c6ccccc6)c6ccc(-c7ccccc7)cc6)cc5)ccc43)cc21. The van der Waals surface area contributed by atoms with Gasteiger partial charge in [0.1, 0.15) is 0 Å². The van der Waals surface area contributed by atoms with Crippen molar-refractivity contribution >= 4 is 55.9 Å². The molecular formula is C75H57N3. The molecule has 1 atom stereocenters. The lowest BCUT2D eigenvalue weighted by Crippen LogP contribution is -2.17. The average Bonchev–Trinajstić information content (AvgIpc) is 4.01. The zero-order chi connectivity index (χ0) is 52.2. The second-order valence-electron chi connectivity index (χ2n) is 21.3. The minimum atomic E-state index is -0.0540. The molecule has 14 rings (SSSR count). The number of rotatable bonds is 11. The highest BCUT2D eigenvalue weighted by Crippen LogP contribution is 2.53. The van der Waals surface area contributed by atoms with Crippen LogP contribution >= 0.6 is 0 Å². The van der Waals surface area contributed by atoms with E-state index in [4.69, 9.17) is 0 Å². The number of allylic oxidation sites excluding steroid dienone is 4. The van der Waals surface area contributed by atoms with E-state index in [9.17, 15) is 0 Å². The predicted octanol–water partition coefficient (Wildman–Crippen LogP) is 20.7. The fourth-order valence-corrected chi connectivity index (χ4v) is 12.4. The van der Waals surface area contributed by atoms with Gasteiger partial charge in [-0.2, -0.15) is 0 Å². The summed E-state index contributed by atoms with van der Waals surface area (Å²) >= 11 is 0. The van der Waals surface area contributed by atoms with Crippen molar-refractivity contribution in [1.29, 1.82) is 0 Å². The molecule has 11 aromatic carbocycles. The van der Waals surface area contributed by atoms with Crippen molar-refractivity contribution in [3.8, 4) is 50.2 Å². The normalized spacial score (nSPS) is 14.2. The van der Waals surface area contributed by atoms with Gasteiger partial charge in [0.25, 0.3) is 0 Å². The lowest BCUT2D eigenvalue weighted by molar-refractivity contribution is 0.612. The Morgan fingerprint density at radius 2 is 0.718 bits per heavy atom. The maximum absolute atomic E-state index is 2.50. The first-order chi connectivity index (χ1) is 38.4. The molecule has 0 radical (unpaired) electrons. The number of hydrogen-bond donors (Lipinski definition) is 0. The zero-order valence-electron chi connectivity index (χ0n) is 43.8. The molecule has 0 saturated heterocycles. The third-order valence-corrected chi connectivity index (χ3v) is 16.4. The summed E-state index contributed by atoms with van der Waals surface area (Å²) in [6.45, 7) is 4.81. The van der Waals surface area contributed by atoms with Crippen molar-refractivity contribution in [2.75, 3.05) is 9.80 Å². The van der Waals surface area contributed by atoms with Crippen molar-refractivity contribution < 1.29 is 0 Å². The van der Waals surface area contributed by atoms with E-state index >= 15 is 0 Å². The van der Waals surface area contributed by atoms with Gasteiger partial charge in [-0.3, -0.25) is 0 Å². The fourth-order valence-electron chi connectivity index (χ4n) is 12.4. The van der Waals surface area contributed by atoms with Crippen LogP contribution in [0, 0.1) is 0 Å². The molecule has 1 unspecified atom stereocenters. The Morgan fingerprint density at radius 1 is 0.359 bits per heavy atom. The molecule has 78 heavy (non-hydrogen) atoms. The predicted molar refractivity (Wildman–Crippen MR) is 329 cm³/mol. The molecule has 0 spiro atoms. The summed E-state index contributed by atoms with van der Waals surface area (Å²) in [7, 11) is 0. The van der Waals surface area contributed by atoms with Crippen LogP contribution in [0.4, 0.5) is 34.1 Å². The van der Waals surface area contributed by atoms with E-state index in [1.54, 1.807) is 0 Å². The second-order valence-corrected chi connectivity index (χ2v) is 21.3. The summed E-state index contributed by atoms with van der Waals surface area (Å²) in [4.78, 5) is 4.68. The van der Waals surface area contributed by atoms with Gasteiger partial charge in [-0.25, -0.2) is 0 Å². The fraction of sp³-hybridized carbons (Fsp3) is 0.0667. The standard InChI is InChI=1S/C75H57N3/c1-75(2)71-26-16-15-25-67(71)68-46-45-66(51-72(68)75)78-73-47-35-58(56-31-41-64(42-32-56)76(60-21-11-5-12-22-60)62-37-27-54(28-38-62)52-17-7-3-8-18-52)49-69(73)70-50-59(36-48-74(70)78)57-33-43-65(44-34-57)77(61-23-13-6-14-24-61)63-39-29-55(30-40-63)53-19-9-4-10-20-53/h3-24,26-51,67H,25H2,1-2H3. The van der Waals surface area contributed by atoms with Crippen molar-refractivity contribution in [3.05, 3.63) is 308 Å². The Kier molecular flexibility index (Phi) is 11.7. The van der Waals surface area contributed by atoms with E-state index in [0.29, 0.717) is 5.92 Å². The summed E-state index contributed by atoms with van der Waals surface area (Å²) < 4.78 is 2.50. The molecule has 1 aromatic heterocycles. The molecule has 2 aliphatic carbocycles. The van der Waals surface area contributed by atoms with Crippen LogP contribution in [0.25, 0.3) is 72.0 Å². The summed E-state index contributed by atoms with van der Waals surface area (Å²) in [5.41, 5.74) is 24.1. The van der Waals surface area contributed by atoms with Gasteiger partial charge in [-0.15, -0.1) is 0 Å². The van der Waals surface area contributed by atoms with Crippen LogP contribution in [-0.2, 0) is 5.41 Å². The largest absolute Gasteiger partial charge is 0.311 e. The molecule has 0 fully saturated rings.